The minimum Gasteiger partial charge on any atom is -0.310 e. The van der Waals surface area contributed by atoms with Crippen molar-refractivity contribution in [2.24, 2.45) is 0 Å². The van der Waals surface area contributed by atoms with E-state index in [1.807, 2.05) is 0 Å². The lowest BCUT2D eigenvalue weighted by Gasteiger charge is -2.20. The van der Waals surface area contributed by atoms with Gasteiger partial charge in [0.1, 0.15) is 0 Å². The van der Waals surface area contributed by atoms with Gasteiger partial charge in [0.05, 0.1) is 5.69 Å². The third kappa shape index (κ3) is 4.07. The molecule has 2 rings (SSSR count). The van der Waals surface area contributed by atoms with Gasteiger partial charge in [0.15, 0.2) is 0 Å². The van der Waals surface area contributed by atoms with Crippen LogP contribution in [0.4, 0.5) is 0 Å². The summed E-state index contributed by atoms with van der Waals surface area (Å²) in [5.41, 5.74) is 3.88. The Morgan fingerprint density at radius 2 is 2.00 bits per heavy atom. The molecule has 3 nitrogen and oxygen atoms in total. The van der Waals surface area contributed by atoms with Crippen LogP contribution in [0.1, 0.15) is 43.8 Å². The van der Waals surface area contributed by atoms with E-state index in [1.54, 1.807) is 0 Å². The van der Waals surface area contributed by atoms with Crippen LogP contribution in [0.5, 0.6) is 0 Å². The first kappa shape index (κ1) is 16.5. The normalized spacial score (nSPS) is 12.6. The van der Waals surface area contributed by atoms with Gasteiger partial charge in [-0.05, 0) is 60.2 Å². The van der Waals surface area contributed by atoms with Gasteiger partial charge < -0.3 is 5.32 Å². The largest absolute Gasteiger partial charge is 0.310 e. The first-order valence-electron chi connectivity index (χ1n) is 7.72. The van der Waals surface area contributed by atoms with Gasteiger partial charge in [-0.2, -0.15) is 5.10 Å². The number of benzene rings is 1. The second-order valence-electron chi connectivity index (χ2n) is 5.13. The third-order valence-corrected chi connectivity index (χ3v) is 4.70. The summed E-state index contributed by atoms with van der Waals surface area (Å²) in [5.74, 6) is 0. The Morgan fingerprint density at radius 1 is 1.24 bits per heavy atom. The first-order valence-corrected chi connectivity index (χ1v) is 8.80. The molecule has 0 amide bonds. The highest BCUT2D eigenvalue weighted by Gasteiger charge is 2.16. The van der Waals surface area contributed by atoms with Crippen molar-refractivity contribution in [1.29, 1.82) is 0 Å². The number of hydrogen-bond acceptors (Lipinski definition) is 2. The highest BCUT2D eigenvalue weighted by atomic mass is 127. The van der Waals surface area contributed by atoms with E-state index in [4.69, 9.17) is 0 Å². The van der Waals surface area contributed by atoms with Gasteiger partial charge in [0.2, 0.25) is 0 Å². The standard InChI is InChI=1S/C17H24IN3/c1-4-13-11-14(21(6-3)20-13)12-17(19-5-2)15-9-7-8-10-16(15)18/h7-11,17,19H,4-6,12H2,1-3H3. The van der Waals surface area contributed by atoms with Gasteiger partial charge in [-0.1, -0.05) is 32.0 Å². The molecule has 0 aliphatic carbocycles. The minimum atomic E-state index is 0.342. The van der Waals surface area contributed by atoms with Crippen LogP contribution in [0.25, 0.3) is 0 Å². The molecule has 2 aromatic rings. The molecule has 1 unspecified atom stereocenters. The molecule has 0 aliphatic heterocycles. The van der Waals surface area contributed by atoms with Crippen molar-refractivity contribution in [3.8, 4) is 0 Å². The molecule has 1 heterocycles. The third-order valence-electron chi connectivity index (χ3n) is 3.72. The fourth-order valence-electron chi connectivity index (χ4n) is 2.63. The lowest BCUT2D eigenvalue weighted by Crippen LogP contribution is -2.24. The van der Waals surface area contributed by atoms with E-state index in [1.165, 1.54) is 20.5 Å². The van der Waals surface area contributed by atoms with Crippen LogP contribution in [0, 0.1) is 3.57 Å². The smallest absolute Gasteiger partial charge is 0.0624 e. The number of rotatable bonds is 7. The Morgan fingerprint density at radius 3 is 2.62 bits per heavy atom. The summed E-state index contributed by atoms with van der Waals surface area (Å²) in [5, 5.41) is 8.28. The number of aryl methyl sites for hydroxylation is 2. The first-order chi connectivity index (χ1) is 10.2. The SMILES string of the molecule is CCNC(Cc1cc(CC)nn1CC)c1ccccc1I. The molecule has 0 bridgehead atoms. The van der Waals surface area contributed by atoms with Crippen molar-refractivity contribution in [2.45, 2.75) is 46.2 Å². The second-order valence-corrected chi connectivity index (χ2v) is 6.29. The average molecular weight is 397 g/mol. The minimum absolute atomic E-state index is 0.342. The number of hydrogen-bond donors (Lipinski definition) is 1. The molecule has 0 saturated heterocycles. The second kappa shape index (κ2) is 7.94. The summed E-state index contributed by atoms with van der Waals surface area (Å²) >= 11 is 2.43. The van der Waals surface area contributed by atoms with Gasteiger partial charge in [0.25, 0.3) is 0 Å². The summed E-state index contributed by atoms with van der Waals surface area (Å²) in [6.07, 6.45) is 1.98. The lowest BCUT2D eigenvalue weighted by molar-refractivity contribution is 0.514. The van der Waals surface area contributed by atoms with Gasteiger partial charge in [0, 0.05) is 28.3 Å². The Balaban J connectivity index is 2.28. The van der Waals surface area contributed by atoms with E-state index in [2.05, 4.69) is 88.8 Å². The van der Waals surface area contributed by atoms with Crippen molar-refractivity contribution in [3.05, 3.63) is 50.9 Å². The van der Waals surface area contributed by atoms with Crippen molar-refractivity contribution in [1.82, 2.24) is 15.1 Å². The molecule has 0 aliphatic rings. The molecule has 1 N–H and O–H groups in total. The van der Waals surface area contributed by atoms with Crippen LogP contribution in [-0.2, 0) is 19.4 Å². The van der Waals surface area contributed by atoms with Crippen LogP contribution in [0.2, 0.25) is 0 Å². The summed E-state index contributed by atoms with van der Waals surface area (Å²) < 4.78 is 3.46. The highest BCUT2D eigenvalue weighted by Crippen LogP contribution is 2.24. The van der Waals surface area contributed by atoms with E-state index in [0.29, 0.717) is 6.04 Å². The van der Waals surface area contributed by atoms with Crippen LogP contribution in [-0.4, -0.2) is 16.3 Å². The predicted octanol–water partition coefficient (Wildman–Crippen LogP) is 3.96. The topological polar surface area (TPSA) is 29.9 Å². The van der Waals surface area contributed by atoms with Gasteiger partial charge in [-0.15, -0.1) is 0 Å². The zero-order valence-electron chi connectivity index (χ0n) is 13.1. The lowest BCUT2D eigenvalue weighted by atomic mass is 10.0. The van der Waals surface area contributed by atoms with E-state index in [-0.39, 0.29) is 0 Å². The molecule has 0 spiro atoms. The molecule has 0 radical (unpaired) electrons. The van der Waals surface area contributed by atoms with Gasteiger partial charge in [-0.25, -0.2) is 0 Å². The number of aromatic nitrogens is 2. The Labute approximate surface area is 141 Å². The van der Waals surface area contributed by atoms with Crippen molar-refractivity contribution < 1.29 is 0 Å². The van der Waals surface area contributed by atoms with Crippen LogP contribution >= 0.6 is 22.6 Å². The van der Waals surface area contributed by atoms with E-state index >= 15 is 0 Å². The molecular weight excluding hydrogens is 373 g/mol. The summed E-state index contributed by atoms with van der Waals surface area (Å²) in [4.78, 5) is 0. The maximum Gasteiger partial charge on any atom is 0.0624 e. The van der Waals surface area contributed by atoms with Crippen molar-refractivity contribution >= 4 is 22.6 Å². The summed E-state index contributed by atoms with van der Waals surface area (Å²) in [6, 6.07) is 11.2. The molecule has 1 aromatic carbocycles. The number of likely N-dealkylation sites (N-methyl/N-ethyl adjacent to an activating group) is 1. The zero-order chi connectivity index (χ0) is 15.2. The zero-order valence-corrected chi connectivity index (χ0v) is 15.2. The fourth-order valence-corrected chi connectivity index (χ4v) is 3.39. The Kier molecular flexibility index (Phi) is 6.23. The molecule has 1 atom stereocenters. The van der Waals surface area contributed by atoms with E-state index < -0.39 is 0 Å². The van der Waals surface area contributed by atoms with Crippen molar-refractivity contribution in [2.75, 3.05) is 6.54 Å². The predicted molar refractivity (Wildman–Crippen MR) is 96.6 cm³/mol. The maximum atomic E-state index is 4.66. The molecule has 1 aromatic heterocycles. The van der Waals surface area contributed by atoms with Crippen molar-refractivity contribution in [3.63, 3.8) is 0 Å². The number of nitrogens with zero attached hydrogens (tertiary/aromatic N) is 2. The van der Waals surface area contributed by atoms with Crippen LogP contribution < -0.4 is 5.32 Å². The number of nitrogens with one attached hydrogen (secondary N) is 1. The quantitative estimate of drug-likeness (QED) is 0.717. The van der Waals surface area contributed by atoms with Gasteiger partial charge in [-0.3, -0.25) is 4.68 Å². The summed E-state index contributed by atoms with van der Waals surface area (Å²) in [7, 11) is 0. The number of halogens is 1. The van der Waals surface area contributed by atoms with Crippen LogP contribution in [0.3, 0.4) is 0 Å². The van der Waals surface area contributed by atoms with Gasteiger partial charge >= 0.3 is 0 Å². The average Bonchev–Trinajstić information content (AvgIpc) is 2.89. The molecular formula is C17H24IN3. The molecule has 0 saturated carbocycles. The molecule has 0 fully saturated rings. The Hall–Kier alpha value is -0.880. The Bertz CT molecular complexity index is 577. The van der Waals surface area contributed by atoms with E-state index in [9.17, 15) is 0 Å². The van der Waals surface area contributed by atoms with Crippen LogP contribution in [0.15, 0.2) is 30.3 Å². The maximum absolute atomic E-state index is 4.66. The monoisotopic (exact) mass is 397 g/mol. The molecule has 114 valence electrons. The fraction of sp³-hybridized carbons (Fsp3) is 0.471. The summed E-state index contributed by atoms with van der Waals surface area (Å²) in [6.45, 7) is 8.38. The molecule has 4 heteroatoms. The molecule has 21 heavy (non-hydrogen) atoms. The van der Waals surface area contributed by atoms with E-state index in [0.717, 1.165) is 25.9 Å². The highest BCUT2D eigenvalue weighted by molar-refractivity contribution is 14.1.